The molecule has 0 N–H and O–H groups in total. The number of ether oxygens (including phenoxy) is 3. The van der Waals surface area contributed by atoms with E-state index in [0.717, 1.165) is 16.9 Å². The summed E-state index contributed by atoms with van der Waals surface area (Å²) in [6.07, 6.45) is 3.30. The lowest BCUT2D eigenvalue weighted by Crippen LogP contribution is -2.25. The van der Waals surface area contributed by atoms with Crippen LogP contribution in [-0.2, 0) is 4.79 Å². The fraction of sp³-hybridized carbons (Fsp3) is 0.407. The number of carbonyl (C=O) groups is 2. The summed E-state index contributed by atoms with van der Waals surface area (Å²) in [7, 11) is 0. The van der Waals surface area contributed by atoms with Crippen LogP contribution in [0.25, 0.3) is 6.08 Å². The van der Waals surface area contributed by atoms with Crippen LogP contribution in [0.2, 0.25) is 0 Å². The molecule has 0 spiro atoms. The van der Waals surface area contributed by atoms with Gasteiger partial charge in [-0.15, -0.1) is 0 Å². The molecule has 5 nitrogen and oxygen atoms in total. The van der Waals surface area contributed by atoms with Gasteiger partial charge in [-0.1, -0.05) is 0 Å². The zero-order valence-electron chi connectivity index (χ0n) is 20.3. The largest absolute Gasteiger partial charge is 0.491 e. The fourth-order valence-corrected chi connectivity index (χ4v) is 2.77. The van der Waals surface area contributed by atoms with Gasteiger partial charge in [0, 0.05) is 17.2 Å². The van der Waals surface area contributed by atoms with Crippen molar-refractivity contribution >= 4 is 17.8 Å². The quantitative estimate of drug-likeness (QED) is 0.206. The molecule has 2 aromatic rings. The third-order valence-corrected chi connectivity index (χ3v) is 4.41. The van der Waals surface area contributed by atoms with Gasteiger partial charge in [-0.25, -0.2) is 0 Å². The summed E-state index contributed by atoms with van der Waals surface area (Å²) in [4.78, 5) is 24.7. The maximum atomic E-state index is 12.7. The van der Waals surface area contributed by atoms with E-state index < -0.39 is 5.41 Å². The molecular weight excluding hydrogens is 404 g/mol. The van der Waals surface area contributed by atoms with Crippen LogP contribution in [0.4, 0.5) is 0 Å². The van der Waals surface area contributed by atoms with Crippen molar-refractivity contribution in [3.05, 3.63) is 59.2 Å². The van der Waals surface area contributed by atoms with Gasteiger partial charge >= 0.3 is 5.97 Å². The van der Waals surface area contributed by atoms with Crippen LogP contribution in [0.15, 0.2) is 42.5 Å². The molecule has 0 saturated heterocycles. The van der Waals surface area contributed by atoms with E-state index in [0.29, 0.717) is 17.1 Å². The Morgan fingerprint density at radius 3 is 1.97 bits per heavy atom. The minimum absolute atomic E-state index is 0.0178. The van der Waals surface area contributed by atoms with Gasteiger partial charge in [0.25, 0.3) is 0 Å². The molecule has 0 unspecified atom stereocenters. The van der Waals surface area contributed by atoms with Gasteiger partial charge in [0.05, 0.1) is 17.6 Å². The number of carbonyl (C=O) groups excluding carboxylic acids is 2. The number of hydrogen-bond acceptors (Lipinski definition) is 5. The molecule has 0 aliphatic heterocycles. The average molecular weight is 439 g/mol. The highest BCUT2D eigenvalue weighted by molar-refractivity contribution is 6.07. The maximum Gasteiger partial charge on any atom is 0.316 e. The van der Waals surface area contributed by atoms with E-state index in [1.165, 1.54) is 6.08 Å². The molecule has 0 aliphatic carbocycles. The van der Waals surface area contributed by atoms with Crippen LogP contribution in [0, 0.1) is 12.3 Å². The Morgan fingerprint density at radius 2 is 1.44 bits per heavy atom. The highest BCUT2D eigenvalue weighted by Crippen LogP contribution is 2.31. The van der Waals surface area contributed by atoms with E-state index in [1.807, 2.05) is 46.8 Å². The number of aryl methyl sites for hydroxylation is 1. The Bertz CT molecular complexity index is 976. The van der Waals surface area contributed by atoms with Crippen molar-refractivity contribution in [2.45, 2.75) is 67.6 Å². The first-order valence-electron chi connectivity index (χ1n) is 10.9. The Morgan fingerprint density at radius 1 is 0.875 bits per heavy atom. The first-order chi connectivity index (χ1) is 14.9. The predicted octanol–water partition coefficient (Wildman–Crippen LogP) is 6.42. The smallest absolute Gasteiger partial charge is 0.316 e. The summed E-state index contributed by atoms with van der Waals surface area (Å²) in [5.41, 5.74) is 1.67. The molecule has 172 valence electrons. The number of esters is 1. The molecule has 32 heavy (non-hydrogen) atoms. The number of hydrogen-bond donors (Lipinski definition) is 0. The molecule has 0 aliphatic rings. The number of ketones is 1. The molecule has 2 rings (SSSR count). The van der Waals surface area contributed by atoms with E-state index >= 15 is 0 Å². The van der Waals surface area contributed by atoms with Crippen LogP contribution in [0.5, 0.6) is 17.2 Å². The average Bonchev–Trinajstić information content (AvgIpc) is 2.68. The molecule has 5 heteroatoms. The molecular formula is C27H34O5. The molecule has 0 fully saturated rings. The second-order valence-electron chi connectivity index (χ2n) is 9.35. The molecule has 0 amide bonds. The monoisotopic (exact) mass is 438 g/mol. The van der Waals surface area contributed by atoms with Crippen molar-refractivity contribution < 1.29 is 23.8 Å². The fourth-order valence-electron chi connectivity index (χ4n) is 2.77. The molecule has 0 bridgehead atoms. The third-order valence-electron chi connectivity index (χ3n) is 4.41. The Hall–Kier alpha value is -3.08. The first-order valence-corrected chi connectivity index (χ1v) is 10.9. The molecule has 0 atom stereocenters. The molecule has 0 aromatic heterocycles. The first kappa shape index (κ1) is 25.2. The van der Waals surface area contributed by atoms with E-state index in [4.69, 9.17) is 14.2 Å². The topological polar surface area (TPSA) is 61.8 Å². The van der Waals surface area contributed by atoms with Crippen molar-refractivity contribution in [3.63, 3.8) is 0 Å². The summed E-state index contributed by atoms with van der Waals surface area (Å²) >= 11 is 0. The van der Waals surface area contributed by atoms with Gasteiger partial charge in [0.2, 0.25) is 0 Å². The summed E-state index contributed by atoms with van der Waals surface area (Å²) in [6.45, 7) is 15.2. The van der Waals surface area contributed by atoms with Crippen LogP contribution in [0.1, 0.15) is 70.0 Å². The van der Waals surface area contributed by atoms with Gasteiger partial charge in [-0.3, -0.25) is 9.59 Å². The van der Waals surface area contributed by atoms with E-state index in [-0.39, 0.29) is 24.0 Å². The van der Waals surface area contributed by atoms with Crippen LogP contribution < -0.4 is 14.2 Å². The van der Waals surface area contributed by atoms with Gasteiger partial charge in [0.15, 0.2) is 5.78 Å². The Kier molecular flexibility index (Phi) is 8.25. The maximum absolute atomic E-state index is 12.7. The van der Waals surface area contributed by atoms with Crippen molar-refractivity contribution in [1.29, 1.82) is 0 Å². The minimum atomic E-state index is -0.596. The van der Waals surface area contributed by atoms with Crippen molar-refractivity contribution in [3.8, 4) is 17.2 Å². The summed E-state index contributed by atoms with van der Waals surface area (Å²) in [6, 6.07) is 10.4. The SMILES string of the molecule is Cc1cc(C=CC(=O)c2ccc(OC(=O)C(C)(C)C)cc2)c(OC(C)C)cc1OC(C)C. The lowest BCUT2D eigenvalue weighted by atomic mass is 9.97. The summed E-state index contributed by atoms with van der Waals surface area (Å²) in [5, 5.41) is 0. The normalized spacial score (nSPS) is 11.8. The Labute approximate surface area is 191 Å². The summed E-state index contributed by atoms with van der Waals surface area (Å²) in [5.74, 6) is 1.35. The number of rotatable bonds is 8. The van der Waals surface area contributed by atoms with E-state index in [1.54, 1.807) is 51.1 Å². The second kappa shape index (κ2) is 10.5. The van der Waals surface area contributed by atoms with Gasteiger partial charge in [-0.2, -0.15) is 0 Å². The van der Waals surface area contributed by atoms with Gasteiger partial charge in [0.1, 0.15) is 17.2 Å². The van der Waals surface area contributed by atoms with Crippen molar-refractivity contribution in [2.75, 3.05) is 0 Å². The van der Waals surface area contributed by atoms with E-state index in [9.17, 15) is 9.59 Å². The molecule has 0 saturated carbocycles. The highest BCUT2D eigenvalue weighted by atomic mass is 16.5. The van der Waals surface area contributed by atoms with Crippen LogP contribution in [0.3, 0.4) is 0 Å². The Balaban J connectivity index is 2.22. The zero-order valence-corrected chi connectivity index (χ0v) is 20.3. The standard InChI is InChI=1S/C27H34O5/c1-17(2)30-24-16-25(31-18(3)4)21(15-19(24)5)11-14-23(28)20-9-12-22(13-10-20)32-26(29)27(6,7)8/h9-18H,1-8H3. The van der Waals surface area contributed by atoms with Crippen LogP contribution >= 0.6 is 0 Å². The molecule has 0 heterocycles. The van der Waals surface area contributed by atoms with Crippen molar-refractivity contribution in [2.24, 2.45) is 5.41 Å². The highest BCUT2D eigenvalue weighted by Gasteiger charge is 2.23. The van der Waals surface area contributed by atoms with Gasteiger partial charge in [-0.05, 0) is 103 Å². The van der Waals surface area contributed by atoms with Crippen LogP contribution in [-0.4, -0.2) is 24.0 Å². The second-order valence-corrected chi connectivity index (χ2v) is 9.35. The molecule has 2 aromatic carbocycles. The number of allylic oxidation sites excluding steroid dienone is 1. The van der Waals surface area contributed by atoms with Crippen molar-refractivity contribution in [1.82, 2.24) is 0 Å². The minimum Gasteiger partial charge on any atom is -0.491 e. The van der Waals surface area contributed by atoms with Gasteiger partial charge < -0.3 is 14.2 Å². The molecule has 0 radical (unpaired) electrons. The summed E-state index contributed by atoms with van der Waals surface area (Å²) < 4.78 is 17.2. The predicted molar refractivity (Wildman–Crippen MR) is 128 cm³/mol. The van der Waals surface area contributed by atoms with E-state index in [2.05, 4.69) is 0 Å². The zero-order chi connectivity index (χ0) is 24.1. The third kappa shape index (κ3) is 7.26. The lowest BCUT2D eigenvalue weighted by molar-refractivity contribution is -0.143. The number of benzene rings is 2. The lowest BCUT2D eigenvalue weighted by Gasteiger charge is -2.18.